The minimum Gasteiger partial charge on any atom is -0.481 e. The van der Waals surface area contributed by atoms with Crippen molar-refractivity contribution in [2.45, 2.75) is 32.6 Å². The number of nitrogens with zero attached hydrogens (tertiary/aromatic N) is 2. The molecule has 2 heterocycles. The van der Waals surface area contributed by atoms with Crippen molar-refractivity contribution in [3.8, 4) is 0 Å². The van der Waals surface area contributed by atoms with Gasteiger partial charge in [0.2, 0.25) is 5.91 Å². The third-order valence-corrected chi connectivity index (χ3v) is 4.48. The van der Waals surface area contributed by atoms with Gasteiger partial charge in [0, 0.05) is 18.3 Å². The molecule has 0 aliphatic carbocycles. The first kappa shape index (κ1) is 15.9. The molecule has 1 saturated heterocycles. The summed E-state index contributed by atoms with van der Waals surface area (Å²) in [6, 6.07) is 0. The summed E-state index contributed by atoms with van der Waals surface area (Å²) in [6.07, 6.45) is 2.98. The number of carbonyl (C=O) groups excluding carboxylic acids is 1. The molecule has 2 rings (SSSR count). The molecule has 1 fully saturated rings. The van der Waals surface area contributed by atoms with Crippen LogP contribution in [0.5, 0.6) is 0 Å². The van der Waals surface area contributed by atoms with Crippen LogP contribution in [0.15, 0.2) is 5.38 Å². The van der Waals surface area contributed by atoms with Crippen molar-refractivity contribution >= 4 is 28.3 Å². The van der Waals surface area contributed by atoms with Crippen molar-refractivity contribution in [3.63, 3.8) is 0 Å². The molecule has 1 aliphatic heterocycles. The van der Waals surface area contributed by atoms with Crippen LogP contribution in [-0.2, 0) is 9.59 Å². The molecular weight excluding hydrogens is 290 g/mol. The second-order valence-electron chi connectivity index (χ2n) is 5.52. The topological polar surface area (TPSA) is 82.5 Å². The molecule has 0 bridgehead atoms. The van der Waals surface area contributed by atoms with Gasteiger partial charge in [-0.05, 0) is 38.6 Å². The van der Waals surface area contributed by atoms with Gasteiger partial charge in [-0.2, -0.15) is 0 Å². The van der Waals surface area contributed by atoms with E-state index in [1.54, 1.807) is 0 Å². The van der Waals surface area contributed by atoms with Crippen LogP contribution in [-0.4, -0.2) is 46.5 Å². The summed E-state index contributed by atoms with van der Waals surface area (Å²) in [5.41, 5.74) is 0.905. The van der Waals surface area contributed by atoms with E-state index in [2.05, 4.69) is 15.2 Å². The monoisotopic (exact) mass is 311 g/mol. The fraction of sp³-hybridized carbons (Fsp3) is 0.643. The molecule has 1 unspecified atom stereocenters. The molecule has 1 aromatic heterocycles. The molecule has 1 amide bonds. The zero-order valence-corrected chi connectivity index (χ0v) is 13.0. The van der Waals surface area contributed by atoms with Gasteiger partial charge in [-0.3, -0.25) is 14.5 Å². The molecular formula is C14H21N3O3S. The molecule has 0 spiro atoms. The van der Waals surface area contributed by atoms with E-state index in [1.165, 1.54) is 11.3 Å². The summed E-state index contributed by atoms with van der Waals surface area (Å²) in [6.45, 7) is 3.94. The third kappa shape index (κ3) is 5.43. The highest BCUT2D eigenvalue weighted by molar-refractivity contribution is 7.13. The highest BCUT2D eigenvalue weighted by Crippen LogP contribution is 2.21. The molecule has 0 radical (unpaired) electrons. The van der Waals surface area contributed by atoms with Crippen molar-refractivity contribution in [1.29, 1.82) is 0 Å². The number of anilines is 1. The molecule has 6 nitrogen and oxygen atoms in total. The fourth-order valence-corrected chi connectivity index (χ4v) is 3.34. The normalized spacial score (nSPS) is 19.4. The molecule has 7 heteroatoms. The SMILES string of the molecule is Cc1csc(NC(=O)CN2CCCC(CCC(=O)O)C2)n1. The Morgan fingerprint density at radius 3 is 3.05 bits per heavy atom. The van der Waals surface area contributed by atoms with E-state index in [1.807, 2.05) is 12.3 Å². The number of thiazole rings is 1. The minimum absolute atomic E-state index is 0.0526. The smallest absolute Gasteiger partial charge is 0.303 e. The second kappa shape index (κ2) is 7.51. The van der Waals surface area contributed by atoms with Gasteiger partial charge in [-0.1, -0.05) is 0 Å². The number of carboxylic acids is 1. The first-order valence-electron chi connectivity index (χ1n) is 7.19. The summed E-state index contributed by atoms with van der Waals surface area (Å²) in [4.78, 5) is 28.9. The zero-order valence-electron chi connectivity index (χ0n) is 12.2. The lowest BCUT2D eigenvalue weighted by Crippen LogP contribution is -2.40. The summed E-state index contributed by atoms with van der Waals surface area (Å²) in [7, 11) is 0. The standard InChI is InChI=1S/C14H21N3O3S/c1-10-9-21-14(15-10)16-12(18)8-17-6-2-3-11(7-17)4-5-13(19)20/h9,11H,2-8H2,1H3,(H,19,20)(H,15,16,18). The Bertz CT molecular complexity index is 503. The van der Waals surface area contributed by atoms with Crippen LogP contribution in [0.25, 0.3) is 0 Å². The Morgan fingerprint density at radius 2 is 2.38 bits per heavy atom. The highest BCUT2D eigenvalue weighted by Gasteiger charge is 2.22. The number of hydrogen-bond acceptors (Lipinski definition) is 5. The van der Waals surface area contributed by atoms with Crippen LogP contribution in [0.2, 0.25) is 0 Å². The van der Waals surface area contributed by atoms with Gasteiger partial charge < -0.3 is 10.4 Å². The molecule has 116 valence electrons. The van der Waals surface area contributed by atoms with Gasteiger partial charge in [0.15, 0.2) is 5.13 Å². The van der Waals surface area contributed by atoms with Gasteiger partial charge in [0.05, 0.1) is 12.2 Å². The van der Waals surface area contributed by atoms with E-state index in [4.69, 9.17) is 5.11 Å². The van der Waals surface area contributed by atoms with Gasteiger partial charge in [0.25, 0.3) is 0 Å². The van der Waals surface area contributed by atoms with Gasteiger partial charge in [-0.25, -0.2) is 4.98 Å². The van der Waals surface area contributed by atoms with E-state index < -0.39 is 5.97 Å². The van der Waals surface area contributed by atoms with E-state index in [9.17, 15) is 9.59 Å². The molecule has 21 heavy (non-hydrogen) atoms. The van der Waals surface area contributed by atoms with Gasteiger partial charge >= 0.3 is 5.97 Å². The van der Waals surface area contributed by atoms with Crippen LogP contribution >= 0.6 is 11.3 Å². The Hall–Kier alpha value is -1.47. The lowest BCUT2D eigenvalue weighted by atomic mass is 9.93. The summed E-state index contributed by atoms with van der Waals surface area (Å²) >= 11 is 1.42. The van der Waals surface area contributed by atoms with E-state index in [0.29, 0.717) is 24.0 Å². The number of aromatic nitrogens is 1. The average molecular weight is 311 g/mol. The lowest BCUT2D eigenvalue weighted by molar-refractivity contribution is -0.137. The maximum atomic E-state index is 12.0. The number of piperidine rings is 1. The molecule has 2 N–H and O–H groups in total. The summed E-state index contributed by atoms with van der Waals surface area (Å²) in [5, 5.41) is 14.1. The predicted octanol–water partition coefficient (Wildman–Crippen LogP) is 1.97. The number of carbonyl (C=O) groups is 2. The van der Waals surface area contributed by atoms with Gasteiger partial charge in [0.1, 0.15) is 0 Å². The van der Waals surface area contributed by atoms with Gasteiger partial charge in [-0.15, -0.1) is 11.3 Å². The average Bonchev–Trinajstić information content (AvgIpc) is 2.82. The van der Waals surface area contributed by atoms with Crippen LogP contribution in [0.4, 0.5) is 5.13 Å². The first-order chi connectivity index (χ1) is 10.0. The van der Waals surface area contributed by atoms with Crippen molar-refractivity contribution in [3.05, 3.63) is 11.1 Å². The highest BCUT2D eigenvalue weighted by atomic mass is 32.1. The number of rotatable bonds is 6. The van der Waals surface area contributed by atoms with Crippen molar-refractivity contribution < 1.29 is 14.7 Å². The number of nitrogens with one attached hydrogen (secondary N) is 1. The van der Waals surface area contributed by atoms with E-state index >= 15 is 0 Å². The molecule has 0 aromatic carbocycles. The van der Waals surface area contributed by atoms with Crippen LogP contribution in [0.1, 0.15) is 31.4 Å². The number of aryl methyl sites for hydroxylation is 1. The molecule has 1 aliphatic rings. The van der Waals surface area contributed by atoms with Crippen molar-refractivity contribution in [1.82, 2.24) is 9.88 Å². The number of likely N-dealkylation sites (tertiary alicyclic amines) is 1. The maximum absolute atomic E-state index is 12.0. The Labute approximate surface area is 128 Å². The summed E-state index contributed by atoms with van der Waals surface area (Å²) in [5.74, 6) is -0.419. The summed E-state index contributed by atoms with van der Waals surface area (Å²) < 4.78 is 0. The number of aliphatic carboxylic acids is 1. The number of carboxylic acid groups (broad SMARTS) is 1. The first-order valence-corrected chi connectivity index (χ1v) is 8.07. The number of hydrogen-bond donors (Lipinski definition) is 2. The van der Waals surface area contributed by atoms with Crippen molar-refractivity contribution in [2.24, 2.45) is 5.92 Å². The van der Waals surface area contributed by atoms with Crippen LogP contribution < -0.4 is 5.32 Å². The quantitative estimate of drug-likeness (QED) is 0.839. The Kier molecular flexibility index (Phi) is 5.69. The molecule has 1 atom stereocenters. The molecule has 0 saturated carbocycles. The Morgan fingerprint density at radius 1 is 1.57 bits per heavy atom. The lowest BCUT2D eigenvalue weighted by Gasteiger charge is -2.31. The zero-order chi connectivity index (χ0) is 15.2. The maximum Gasteiger partial charge on any atom is 0.303 e. The number of amides is 1. The Balaban J connectivity index is 1.76. The van der Waals surface area contributed by atoms with Crippen LogP contribution in [0, 0.1) is 12.8 Å². The van der Waals surface area contributed by atoms with Crippen LogP contribution in [0.3, 0.4) is 0 Å². The minimum atomic E-state index is -0.746. The largest absolute Gasteiger partial charge is 0.481 e. The fourth-order valence-electron chi connectivity index (χ4n) is 2.63. The van der Waals surface area contributed by atoms with Crippen molar-refractivity contribution in [2.75, 3.05) is 25.0 Å². The van der Waals surface area contributed by atoms with E-state index in [-0.39, 0.29) is 12.3 Å². The predicted molar refractivity (Wildman–Crippen MR) is 81.5 cm³/mol. The molecule has 1 aromatic rings. The third-order valence-electron chi connectivity index (χ3n) is 3.60. The second-order valence-corrected chi connectivity index (χ2v) is 6.38. The van der Waals surface area contributed by atoms with E-state index in [0.717, 1.165) is 31.6 Å².